The van der Waals surface area contributed by atoms with E-state index in [2.05, 4.69) is 5.32 Å². The van der Waals surface area contributed by atoms with Crippen molar-refractivity contribution in [2.45, 2.75) is 20.0 Å². The summed E-state index contributed by atoms with van der Waals surface area (Å²) in [5, 5.41) is 3.22. The molecule has 1 N–H and O–H groups in total. The minimum absolute atomic E-state index is 0.0520. The molecule has 0 aliphatic carbocycles. The molecule has 0 heterocycles. The van der Waals surface area contributed by atoms with Crippen LogP contribution in [0.15, 0.2) is 48.5 Å². The van der Waals surface area contributed by atoms with E-state index in [1.807, 2.05) is 31.2 Å². The maximum absolute atomic E-state index is 12.2. The van der Waals surface area contributed by atoms with Crippen LogP contribution in [0.25, 0.3) is 0 Å². The Morgan fingerprint density at radius 3 is 2.52 bits per heavy atom. The molecule has 0 fully saturated rings. The summed E-state index contributed by atoms with van der Waals surface area (Å²) in [5.41, 5.74) is 2.72. The number of hydrogen-bond donors (Lipinski definition) is 1. The van der Waals surface area contributed by atoms with Gasteiger partial charge in [0.05, 0.1) is 12.8 Å². The lowest BCUT2D eigenvalue weighted by Crippen LogP contribution is -2.39. The molecule has 0 radical (unpaired) electrons. The van der Waals surface area contributed by atoms with Crippen LogP contribution in [0, 0.1) is 6.92 Å². The van der Waals surface area contributed by atoms with Gasteiger partial charge in [-0.05, 0) is 24.1 Å². The van der Waals surface area contributed by atoms with Crippen LogP contribution in [0.1, 0.15) is 16.7 Å². The number of carbonyl (C=O) groups excluding carboxylic acids is 1. The van der Waals surface area contributed by atoms with E-state index < -0.39 is 10.0 Å². The van der Waals surface area contributed by atoms with E-state index in [0.717, 1.165) is 21.7 Å². The Labute approximate surface area is 153 Å². The van der Waals surface area contributed by atoms with Crippen LogP contribution >= 0.6 is 11.6 Å². The SMILES string of the molecule is Cc1cccc(CNC(=O)CN(Cc2ccccc2Cl)S(C)(=O)=O)c1. The Hall–Kier alpha value is -1.89. The lowest BCUT2D eigenvalue weighted by Gasteiger charge is -2.20. The van der Waals surface area contributed by atoms with Crippen molar-refractivity contribution in [1.29, 1.82) is 0 Å². The summed E-state index contributed by atoms with van der Waals surface area (Å²) < 4.78 is 25.1. The van der Waals surface area contributed by atoms with E-state index in [1.165, 1.54) is 0 Å². The minimum Gasteiger partial charge on any atom is -0.351 e. The van der Waals surface area contributed by atoms with Crippen molar-refractivity contribution in [3.8, 4) is 0 Å². The molecule has 0 saturated carbocycles. The molecular formula is C18H21ClN2O3S. The molecule has 134 valence electrons. The van der Waals surface area contributed by atoms with Crippen molar-refractivity contribution in [2.75, 3.05) is 12.8 Å². The number of halogens is 1. The summed E-state index contributed by atoms with van der Waals surface area (Å²) in [4.78, 5) is 12.2. The lowest BCUT2D eigenvalue weighted by molar-refractivity contribution is -0.121. The molecule has 1 amide bonds. The Bertz CT molecular complexity index is 853. The van der Waals surface area contributed by atoms with E-state index >= 15 is 0 Å². The average molecular weight is 381 g/mol. The van der Waals surface area contributed by atoms with Gasteiger partial charge in [0.15, 0.2) is 0 Å². The van der Waals surface area contributed by atoms with E-state index in [0.29, 0.717) is 17.1 Å². The highest BCUT2D eigenvalue weighted by atomic mass is 35.5. The van der Waals surface area contributed by atoms with Crippen LogP contribution in [0.5, 0.6) is 0 Å². The number of aryl methyl sites for hydroxylation is 1. The maximum Gasteiger partial charge on any atom is 0.235 e. The first-order valence-electron chi connectivity index (χ1n) is 7.76. The molecule has 2 rings (SSSR count). The highest BCUT2D eigenvalue weighted by Gasteiger charge is 2.21. The smallest absolute Gasteiger partial charge is 0.235 e. The van der Waals surface area contributed by atoms with Crippen molar-refractivity contribution in [2.24, 2.45) is 0 Å². The predicted molar refractivity (Wildman–Crippen MR) is 99.7 cm³/mol. The molecule has 0 atom stereocenters. The fourth-order valence-corrected chi connectivity index (χ4v) is 3.27. The predicted octanol–water partition coefficient (Wildman–Crippen LogP) is 2.73. The van der Waals surface area contributed by atoms with Gasteiger partial charge in [-0.2, -0.15) is 4.31 Å². The molecule has 25 heavy (non-hydrogen) atoms. The second kappa shape index (κ2) is 8.47. The van der Waals surface area contributed by atoms with E-state index in [1.54, 1.807) is 24.3 Å². The fourth-order valence-electron chi connectivity index (χ4n) is 2.35. The highest BCUT2D eigenvalue weighted by molar-refractivity contribution is 7.88. The van der Waals surface area contributed by atoms with Gasteiger partial charge in [-0.25, -0.2) is 8.42 Å². The molecule has 2 aromatic rings. The van der Waals surface area contributed by atoms with Gasteiger partial charge in [-0.1, -0.05) is 59.6 Å². The summed E-state index contributed by atoms with van der Waals surface area (Å²) in [7, 11) is -3.55. The number of nitrogens with zero attached hydrogens (tertiary/aromatic N) is 1. The average Bonchev–Trinajstić information content (AvgIpc) is 2.53. The van der Waals surface area contributed by atoms with Gasteiger partial charge in [0.25, 0.3) is 0 Å². The maximum atomic E-state index is 12.2. The molecule has 0 unspecified atom stereocenters. The number of hydrogen-bond acceptors (Lipinski definition) is 3. The number of rotatable bonds is 7. The molecule has 0 spiro atoms. The molecule has 0 aliphatic rings. The topological polar surface area (TPSA) is 66.5 Å². The Kier molecular flexibility index (Phi) is 6.58. The van der Waals surface area contributed by atoms with Gasteiger partial charge in [0.1, 0.15) is 0 Å². The molecule has 5 nitrogen and oxygen atoms in total. The van der Waals surface area contributed by atoms with Crippen LogP contribution in [0.3, 0.4) is 0 Å². The normalized spacial score (nSPS) is 11.5. The monoisotopic (exact) mass is 380 g/mol. The van der Waals surface area contributed by atoms with Gasteiger partial charge in [0, 0.05) is 18.1 Å². The standard InChI is InChI=1S/C18H21ClN2O3S/c1-14-6-5-7-15(10-14)11-20-18(22)13-21(25(2,23)24)12-16-8-3-4-9-17(16)19/h3-10H,11-13H2,1-2H3,(H,20,22). The zero-order valence-corrected chi connectivity index (χ0v) is 15.8. The fraction of sp³-hybridized carbons (Fsp3) is 0.278. The zero-order valence-electron chi connectivity index (χ0n) is 14.2. The van der Waals surface area contributed by atoms with Gasteiger partial charge in [0.2, 0.25) is 15.9 Å². The third kappa shape index (κ3) is 6.16. The molecule has 2 aromatic carbocycles. The quantitative estimate of drug-likeness (QED) is 0.803. The Morgan fingerprint density at radius 2 is 1.88 bits per heavy atom. The van der Waals surface area contributed by atoms with E-state index in [-0.39, 0.29) is 19.0 Å². The number of amides is 1. The minimum atomic E-state index is -3.55. The molecule has 0 aromatic heterocycles. The van der Waals surface area contributed by atoms with Crippen molar-refractivity contribution in [1.82, 2.24) is 9.62 Å². The van der Waals surface area contributed by atoms with E-state index in [9.17, 15) is 13.2 Å². The van der Waals surface area contributed by atoms with Crippen molar-refractivity contribution in [3.63, 3.8) is 0 Å². The number of sulfonamides is 1. The third-order valence-electron chi connectivity index (χ3n) is 3.67. The Balaban J connectivity index is 2.02. The first-order valence-corrected chi connectivity index (χ1v) is 9.99. The van der Waals surface area contributed by atoms with Gasteiger partial charge >= 0.3 is 0 Å². The second-order valence-corrected chi connectivity index (χ2v) is 8.28. The highest BCUT2D eigenvalue weighted by Crippen LogP contribution is 2.18. The third-order valence-corrected chi connectivity index (χ3v) is 5.23. The lowest BCUT2D eigenvalue weighted by atomic mass is 10.1. The van der Waals surface area contributed by atoms with Gasteiger partial charge in [-0.3, -0.25) is 4.79 Å². The van der Waals surface area contributed by atoms with Crippen LogP contribution < -0.4 is 5.32 Å². The van der Waals surface area contributed by atoms with Crippen LogP contribution in [-0.4, -0.2) is 31.4 Å². The molecule has 7 heteroatoms. The van der Waals surface area contributed by atoms with E-state index in [4.69, 9.17) is 11.6 Å². The van der Waals surface area contributed by atoms with Crippen LogP contribution in [-0.2, 0) is 27.9 Å². The van der Waals surface area contributed by atoms with Crippen molar-refractivity contribution >= 4 is 27.5 Å². The Morgan fingerprint density at radius 1 is 1.16 bits per heavy atom. The van der Waals surface area contributed by atoms with Crippen LogP contribution in [0.2, 0.25) is 5.02 Å². The molecule has 0 saturated heterocycles. The van der Waals surface area contributed by atoms with Crippen molar-refractivity contribution < 1.29 is 13.2 Å². The number of benzene rings is 2. The van der Waals surface area contributed by atoms with Gasteiger partial charge < -0.3 is 5.32 Å². The second-order valence-electron chi connectivity index (χ2n) is 5.89. The van der Waals surface area contributed by atoms with Crippen molar-refractivity contribution in [3.05, 3.63) is 70.2 Å². The summed E-state index contributed by atoms with van der Waals surface area (Å²) in [6.07, 6.45) is 1.08. The van der Waals surface area contributed by atoms with Crippen LogP contribution in [0.4, 0.5) is 0 Å². The number of nitrogens with one attached hydrogen (secondary N) is 1. The number of carbonyl (C=O) groups is 1. The van der Waals surface area contributed by atoms with Gasteiger partial charge in [-0.15, -0.1) is 0 Å². The molecule has 0 aliphatic heterocycles. The zero-order chi connectivity index (χ0) is 18.4. The summed E-state index contributed by atoms with van der Waals surface area (Å²) in [6, 6.07) is 14.7. The largest absolute Gasteiger partial charge is 0.351 e. The molecular weight excluding hydrogens is 360 g/mol. The summed E-state index contributed by atoms with van der Waals surface area (Å²) in [6.45, 7) is 2.12. The summed E-state index contributed by atoms with van der Waals surface area (Å²) in [5.74, 6) is -0.362. The molecule has 0 bridgehead atoms. The first kappa shape index (κ1) is 19.4. The summed E-state index contributed by atoms with van der Waals surface area (Å²) >= 11 is 6.09. The first-order chi connectivity index (χ1) is 11.8.